The van der Waals surface area contributed by atoms with E-state index in [1.165, 1.54) is 21.5 Å². The highest BCUT2D eigenvalue weighted by molar-refractivity contribution is 6.98. The van der Waals surface area contributed by atoms with Gasteiger partial charge in [0.05, 0.1) is 0 Å². The minimum Gasteiger partial charge on any atom is -0.129 e. The summed E-state index contributed by atoms with van der Waals surface area (Å²) in [6, 6.07) is 24.3. The maximum Gasteiger partial charge on any atom is 0.104 e. The van der Waals surface area contributed by atoms with Crippen LogP contribution in [0.15, 0.2) is 60.7 Å². The van der Waals surface area contributed by atoms with Crippen LogP contribution in [0.3, 0.4) is 0 Å². The molecule has 0 atom stereocenters. The normalized spacial score (nSPS) is 14.4. The standard InChI is InChI=1S/C40H67Si7/c1-42(2,3)38(43(4,5)6)29-27-34(39(44(7,8)9)45(10,11)12)37(35(28-29)40(46(13,14)15)47(16,17)18)41-36-32-25-21-19-23-30(32)31-24-20-22-26-33(31)36/h19-28,38-40H,1-18H3/q-1. The van der Waals surface area contributed by atoms with E-state index >= 15 is 0 Å². The summed E-state index contributed by atoms with van der Waals surface area (Å²) in [5.74, 6) is 0. The van der Waals surface area contributed by atoms with E-state index in [4.69, 9.17) is 0 Å². The van der Waals surface area contributed by atoms with Crippen molar-refractivity contribution in [2.45, 2.75) is 133 Å². The molecule has 0 bridgehead atoms. The van der Waals surface area contributed by atoms with Crippen molar-refractivity contribution >= 4 is 89.9 Å². The Balaban J connectivity index is 2.29. The number of benzene rings is 3. The maximum atomic E-state index is 2.88. The Kier molecular flexibility index (Phi) is 10.7. The van der Waals surface area contributed by atoms with Gasteiger partial charge in [0.1, 0.15) is 9.52 Å². The average Bonchev–Trinajstić information content (AvgIpc) is 3.14. The highest BCUT2D eigenvalue weighted by Crippen LogP contribution is 2.44. The van der Waals surface area contributed by atoms with Crippen molar-refractivity contribution < 1.29 is 0 Å². The first-order valence-electron chi connectivity index (χ1n) is 18.2. The lowest BCUT2D eigenvalue weighted by atomic mass is 10.1. The van der Waals surface area contributed by atoms with E-state index in [2.05, 4.69) is 179 Å². The van der Waals surface area contributed by atoms with E-state index in [1.807, 2.05) is 0 Å². The summed E-state index contributed by atoms with van der Waals surface area (Å²) in [5, 5.41) is 11.4. The molecule has 0 unspecified atom stereocenters. The lowest BCUT2D eigenvalue weighted by Crippen LogP contribution is -2.54. The molecule has 4 aromatic rings. The van der Waals surface area contributed by atoms with Crippen LogP contribution in [0, 0.1) is 0 Å². The van der Waals surface area contributed by atoms with E-state index in [0.717, 1.165) is 15.5 Å². The van der Waals surface area contributed by atoms with Crippen LogP contribution in [0.4, 0.5) is 0 Å². The van der Waals surface area contributed by atoms with Gasteiger partial charge in [0.25, 0.3) is 0 Å². The fraction of sp³-hybridized carbons (Fsp3) is 0.525. The van der Waals surface area contributed by atoms with Gasteiger partial charge in [-0.05, 0) is 21.1 Å². The van der Waals surface area contributed by atoms with Gasteiger partial charge in [-0.3, -0.25) is 0 Å². The highest BCUT2D eigenvalue weighted by Gasteiger charge is 2.46. The second kappa shape index (κ2) is 13.0. The summed E-state index contributed by atoms with van der Waals surface area (Å²) >= 11 is 0. The van der Waals surface area contributed by atoms with Gasteiger partial charge in [-0.1, -0.05) is 176 Å². The van der Waals surface area contributed by atoms with Gasteiger partial charge in [-0.15, -0.1) is 45.6 Å². The van der Waals surface area contributed by atoms with Crippen molar-refractivity contribution in [3.63, 3.8) is 0 Å². The van der Waals surface area contributed by atoms with Crippen molar-refractivity contribution in [3.05, 3.63) is 77.4 Å². The summed E-state index contributed by atoms with van der Waals surface area (Å²) < 4.78 is 0. The minimum absolute atomic E-state index is 0.683. The van der Waals surface area contributed by atoms with Gasteiger partial charge in [0, 0.05) is 48.4 Å². The molecular weight excluding hydrogens is 677 g/mol. The van der Waals surface area contributed by atoms with Crippen molar-refractivity contribution in [1.29, 1.82) is 0 Å². The van der Waals surface area contributed by atoms with Gasteiger partial charge in [0.2, 0.25) is 0 Å². The molecule has 0 saturated carbocycles. The van der Waals surface area contributed by atoms with Crippen LogP contribution >= 0.6 is 0 Å². The van der Waals surface area contributed by atoms with E-state index in [9.17, 15) is 0 Å². The van der Waals surface area contributed by atoms with E-state index in [1.54, 1.807) is 27.1 Å². The molecule has 0 amide bonds. The number of rotatable bonds is 11. The Labute approximate surface area is 298 Å². The number of hydrogen-bond donors (Lipinski definition) is 0. The van der Waals surface area contributed by atoms with Crippen LogP contribution in [0.1, 0.15) is 32.2 Å². The number of hydrogen-bond acceptors (Lipinski definition) is 0. The summed E-state index contributed by atoms with van der Waals surface area (Å²) in [6.45, 7) is 48.2. The molecule has 7 heteroatoms. The fourth-order valence-electron chi connectivity index (χ4n) is 10.5. The Morgan fingerprint density at radius 3 is 1.26 bits per heavy atom. The molecule has 4 aromatic carbocycles. The monoisotopic (exact) mass is 743 g/mol. The second-order valence-electron chi connectivity index (χ2n) is 21.2. The van der Waals surface area contributed by atoms with Gasteiger partial charge in [-0.25, -0.2) is 0 Å². The quantitative estimate of drug-likeness (QED) is 0.106. The Morgan fingerprint density at radius 1 is 0.468 bits per heavy atom. The summed E-state index contributed by atoms with van der Waals surface area (Å²) in [6.07, 6.45) is 0. The second-order valence-corrected chi connectivity index (χ2v) is 56.0. The zero-order valence-corrected chi connectivity index (χ0v) is 40.5. The topological polar surface area (TPSA) is 0 Å². The SMILES string of the molecule is C[Si](C)(C)C(c1cc(C([Si](C)(C)C)[Si](C)(C)C)c([Si]c2c3ccccc3c3cccc[c-]23)c(C([Si](C)(C)C)[Si](C)(C)C)c1)[Si](C)(C)C. The molecule has 47 heavy (non-hydrogen) atoms. The Hall–Kier alpha value is -0.952. The van der Waals surface area contributed by atoms with Crippen LogP contribution in [-0.4, -0.2) is 58.0 Å². The van der Waals surface area contributed by atoms with Crippen LogP contribution in [0.5, 0.6) is 0 Å². The molecule has 0 spiro atoms. The molecule has 0 saturated heterocycles. The van der Waals surface area contributed by atoms with Crippen LogP contribution < -0.4 is 10.4 Å². The minimum atomic E-state index is -1.59. The lowest BCUT2D eigenvalue weighted by Gasteiger charge is -2.46. The molecular formula is C40H67Si7-. The molecule has 2 radical (unpaired) electrons. The van der Waals surface area contributed by atoms with Gasteiger partial charge in [0.15, 0.2) is 0 Å². The van der Waals surface area contributed by atoms with Gasteiger partial charge < -0.3 is 0 Å². The van der Waals surface area contributed by atoms with Gasteiger partial charge in [-0.2, -0.15) is 0 Å². The molecule has 4 rings (SSSR count). The van der Waals surface area contributed by atoms with Gasteiger partial charge >= 0.3 is 0 Å². The molecule has 0 aliphatic heterocycles. The third-order valence-corrected chi connectivity index (χ3v) is 39.8. The first kappa shape index (κ1) is 38.8. The smallest absolute Gasteiger partial charge is 0.104 e. The van der Waals surface area contributed by atoms with Crippen molar-refractivity contribution in [1.82, 2.24) is 0 Å². The molecule has 0 aromatic heterocycles. The third kappa shape index (κ3) is 8.18. The molecule has 0 N–H and O–H groups in total. The first-order valence-corrected chi connectivity index (χ1v) is 40.6. The van der Waals surface area contributed by atoms with E-state index < -0.39 is 48.4 Å². The Morgan fingerprint density at radius 2 is 0.851 bits per heavy atom. The van der Waals surface area contributed by atoms with Crippen molar-refractivity contribution in [2.24, 2.45) is 0 Å². The predicted molar refractivity (Wildman–Crippen MR) is 237 cm³/mol. The molecule has 256 valence electrons. The van der Waals surface area contributed by atoms with Crippen LogP contribution in [-0.2, 0) is 0 Å². The largest absolute Gasteiger partial charge is 0.129 e. The molecule has 0 fully saturated rings. The highest BCUT2D eigenvalue weighted by atomic mass is 28.4. The van der Waals surface area contributed by atoms with Crippen LogP contribution in [0.25, 0.3) is 21.5 Å². The van der Waals surface area contributed by atoms with Crippen LogP contribution in [0.2, 0.25) is 118 Å². The van der Waals surface area contributed by atoms with E-state index in [0.29, 0.717) is 9.52 Å². The van der Waals surface area contributed by atoms with Crippen molar-refractivity contribution in [2.75, 3.05) is 0 Å². The first-order chi connectivity index (χ1) is 21.1. The zero-order valence-electron chi connectivity index (χ0n) is 33.5. The zero-order chi connectivity index (χ0) is 35.7. The molecule has 0 heterocycles. The summed E-state index contributed by atoms with van der Waals surface area (Å²) in [7, 11) is -8.69. The fourth-order valence-corrected chi connectivity index (χ4v) is 50.9. The molecule has 0 aliphatic carbocycles. The molecule has 0 aliphatic rings. The Bertz CT molecular complexity index is 1570. The van der Waals surface area contributed by atoms with E-state index in [-0.39, 0.29) is 0 Å². The maximum absolute atomic E-state index is 2.88. The summed E-state index contributed by atoms with van der Waals surface area (Å²) in [4.78, 5) is 0. The molecule has 0 nitrogen and oxygen atoms in total. The van der Waals surface area contributed by atoms with Crippen molar-refractivity contribution in [3.8, 4) is 0 Å². The number of fused-ring (bicyclic) bond motifs is 3. The lowest BCUT2D eigenvalue weighted by molar-refractivity contribution is 1.10. The average molecular weight is 745 g/mol. The third-order valence-electron chi connectivity index (χ3n) is 10.3. The summed E-state index contributed by atoms with van der Waals surface area (Å²) in [5.41, 5.74) is 5.33. The predicted octanol–water partition coefficient (Wildman–Crippen LogP) is 11.9.